The molecule has 29 heavy (non-hydrogen) atoms. The molecule has 0 N–H and O–H groups in total. The van der Waals surface area contributed by atoms with E-state index in [1.165, 1.54) is 0 Å². The van der Waals surface area contributed by atoms with Gasteiger partial charge in [-0.05, 0) is 36.8 Å². The third-order valence-electron chi connectivity index (χ3n) is 5.17. The smallest absolute Gasteiger partial charge is 0.213 e. The molecule has 0 spiro atoms. The third kappa shape index (κ3) is 3.14. The van der Waals surface area contributed by atoms with Gasteiger partial charge in [-0.15, -0.1) is 0 Å². The maximum absolute atomic E-state index is 13.6. The molecule has 1 heterocycles. The van der Waals surface area contributed by atoms with Crippen LogP contribution in [-0.2, 0) is 5.41 Å². The van der Waals surface area contributed by atoms with Gasteiger partial charge in [0.25, 0.3) is 0 Å². The fourth-order valence-corrected chi connectivity index (χ4v) is 3.49. The molecule has 0 fully saturated rings. The van der Waals surface area contributed by atoms with Crippen LogP contribution in [0, 0.1) is 0 Å². The van der Waals surface area contributed by atoms with Crippen molar-refractivity contribution in [3.8, 4) is 17.2 Å². The summed E-state index contributed by atoms with van der Waals surface area (Å²) in [5, 5.41) is 0. The molecule has 5 nitrogen and oxygen atoms in total. The molecule has 4 rings (SSSR count). The van der Waals surface area contributed by atoms with Crippen LogP contribution in [0.15, 0.2) is 77.8 Å². The minimum atomic E-state index is -1.05. The number of Topliss-reactive ketones (excluding diaryl/α,β-unsaturated/α-hetero) is 1. The van der Waals surface area contributed by atoms with Crippen LogP contribution < -0.4 is 14.2 Å². The van der Waals surface area contributed by atoms with Crippen molar-refractivity contribution in [2.75, 3.05) is 14.2 Å². The number of methoxy groups -OCH3 is 2. The Balaban J connectivity index is 1.84. The van der Waals surface area contributed by atoms with Gasteiger partial charge in [-0.25, -0.2) is 4.99 Å². The van der Waals surface area contributed by atoms with E-state index >= 15 is 0 Å². The Hall–Kier alpha value is -3.60. The number of carbonyl (C=O) groups is 1. The molecule has 1 unspecified atom stereocenters. The minimum absolute atomic E-state index is 0.0511. The predicted octanol–water partition coefficient (Wildman–Crippen LogP) is 4.97. The van der Waals surface area contributed by atoms with Crippen LogP contribution in [0.25, 0.3) is 0 Å². The number of hydrogen-bond acceptors (Lipinski definition) is 5. The second kappa shape index (κ2) is 7.43. The van der Waals surface area contributed by atoms with Gasteiger partial charge < -0.3 is 14.2 Å². The van der Waals surface area contributed by atoms with E-state index in [1.807, 2.05) is 55.5 Å². The molecule has 5 heteroatoms. The summed E-state index contributed by atoms with van der Waals surface area (Å²) in [5.41, 5.74) is 0.946. The average Bonchev–Trinajstić information content (AvgIpc) is 2.77. The Morgan fingerprint density at radius 3 is 2.24 bits per heavy atom. The number of ketones is 1. The first kappa shape index (κ1) is 18.7. The van der Waals surface area contributed by atoms with Crippen molar-refractivity contribution in [3.63, 3.8) is 0 Å². The van der Waals surface area contributed by atoms with Crippen LogP contribution in [0.4, 0.5) is 5.69 Å². The Bertz CT molecular complexity index is 1090. The molecular weight excluding hydrogens is 366 g/mol. The van der Waals surface area contributed by atoms with Gasteiger partial charge in [0.15, 0.2) is 17.3 Å². The molecule has 0 aliphatic carbocycles. The first-order chi connectivity index (χ1) is 14.1. The zero-order chi connectivity index (χ0) is 20.4. The fourth-order valence-electron chi connectivity index (χ4n) is 3.49. The van der Waals surface area contributed by atoms with E-state index in [-0.39, 0.29) is 5.78 Å². The average molecular weight is 387 g/mol. The zero-order valence-corrected chi connectivity index (χ0v) is 16.5. The molecule has 3 aromatic rings. The lowest BCUT2D eigenvalue weighted by Crippen LogP contribution is -2.45. The largest absolute Gasteiger partial charge is 0.493 e. The van der Waals surface area contributed by atoms with Crippen LogP contribution >= 0.6 is 0 Å². The van der Waals surface area contributed by atoms with E-state index in [4.69, 9.17) is 19.2 Å². The highest BCUT2D eigenvalue weighted by atomic mass is 16.5. The first-order valence-corrected chi connectivity index (χ1v) is 9.26. The highest BCUT2D eigenvalue weighted by Crippen LogP contribution is 2.40. The second-order valence-electron chi connectivity index (χ2n) is 6.87. The predicted molar refractivity (Wildman–Crippen MR) is 112 cm³/mol. The molecule has 1 aliphatic rings. The normalized spacial score (nSPS) is 17.9. The molecule has 1 aliphatic heterocycles. The van der Waals surface area contributed by atoms with Crippen molar-refractivity contribution in [1.82, 2.24) is 0 Å². The van der Waals surface area contributed by atoms with E-state index in [0.717, 1.165) is 5.56 Å². The molecule has 0 saturated carbocycles. The number of nitrogens with zero attached hydrogens (tertiary/aromatic N) is 1. The summed E-state index contributed by atoms with van der Waals surface area (Å²) in [7, 11) is 3.14. The molecular formula is C24H21NO4. The standard InChI is InChI=1S/C24H21NO4/c1-24(16-9-5-4-6-10-16)22(26)18-11-7-8-12-19(18)25-23(24)29-17-13-14-20(27-2)21(15-17)28-3/h4-15H,1-3H3. The van der Waals surface area contributed by atoms with Gasteiger partial charge in [0, 0.05) is 11.6 Å². The number of fused-ring (bicyclic) bond motifs is 1. The van der Waals surface area contributed by atoms with Gasteiger partial charge in [-0.3, -0.25) is 4.79 Å². The van der Waals surface area contributed by atoms with E-state index < -0.39 is 5.41 Å². The Labute approximate surface area is 169 Å². The molecule has 1 atom stereocenters. The number of hydrogen-bond donors (Lipinski definition) is 0. The Morgan fingerprint density at radius 1 is 0.828 bits per heavy atom. The van der Waals surface area contributed by atoms with Gasteiger partial charge in [0.1, 0.15) is 11.2 Å². The highest BCUT2D eigenvalue weighted by Gasteiger charge is 2.46. The molecule has 3 aromatic carbocycles. The Kier molecular flexibility index (Phi) is 4.80. The van der Waals surface area contributed by atoms with Gasteiger partial charge in [0.05, 0.1) is 19.9 Å². The van der Waals surface area contributed by atoms with Crippen molar-refractivity contribution < 1.29 is 19.0 Å². The summed E-state index contributed by atoms with van der Waals surface area (Å²) in [6.45, 7) is 1.85. The second-order valence-corrected chi connectivity index (χ2v) is 6.87. The first-order valence-electron chi connectivity index (χ1n) is 9.26. The van der Waals surface area contributed by atoms with E-state index in [1.54, 1.807) is 38.5 Å². The minimum Gasteiger partial charge on any atom is -0.493 e. The summed E-state index contributed by atoms with van der Waals surface area (Å²) in [6, 6.07) is 22.1. The summed E-state index contributed by atoms with van der Waals surface area (Å²) in [4.78, 5) is 18.3. The quantitative estimate of drug-likeness (QED) is 0.634. The van der Waals surface area contributed by atoms with E-state index in [0.29, 0.717) is 34.4 Å². The van der Waals surface area contributed by atoms with Crippen molar-refractivity contribution in [1.29, 1.82) is 0 Å². The van der Waals surface area contributed by atoms with E-state index in [2.05, 4.69) is 0 Å². The highest BCUT2D eigenvalue weighted by molar-refractivity contribution is 6.23. The van der Waals surface area contributed by atoms with Crippen molar-refractivity contribution in [3.05, 3.63) is 83.9 Å². The number of carbonyl (C=O) groups excluding carboxylic acids is 1. The number of aliphatic imine (C=N–C) groups is 1. The zero-order valence-electron chi connectivity index (χ0n) is 16.5. The lowest BCUT2D eigenvalue weighted by molar-refractivity contribution is 0.0927. The monoisotopic (exact) mass is 387 g/mol. The van der Waals surface area contributed by atoms with Gasteiger partial charge in [-0.1, -0.05) is 42.5 Å². The number of para-hydroxylation sites is 1. The van der Waals surface area contributed by atoms with E-state index in [9.17, 15) is 4.79 Å². The molecule has 146 valence electrons. The molecule has 0 bridgehead atoms. The maximum atomic E-state index is 13.6. The van der Waals surface area contributed by atoms with Crippen molar-refractivity contribution in [2.24, 2.45) is 4.99 Å². The van der Waals surface area contributed by atoms with Crippen LogP contribution in [0.2, 0.25) is 0 Å². The van der Waals surface area contributed by atoms with Crippen molar-refractivity contribution in [2.45, 2.75) is 12.3 Å². The van der Waals surface area contributed by atoms with Gasteiger partial charge >= 0.3 is 0 Å². The van der Waals surface area contributed by atoms with Crippen LogP contribution in [0.3, 0.4) is 0 Å². The number of rotatable bonds is 4. The third-order valence-corrected chi connectivity index (χ3v) is 5.17. The van der Waals surface area contributed by atoms with Crippen molar-refractivity contribution >= 4 is 17.4 Å². The van der Waals surface area contributed by atoms with Crippen LogP contribution in [0.1, 0.15) is 22.8 Å². The lowest BCUT2D eigenvalue weighted by atomic mass is 9.74. The lowest BCUT2D eigenvalue weighted by Gasteiger charge is -2.33. The molecule has 0 amide bonds. The van der Waals surface area contributed by atoms with Gasteiger partial charge in [-0.2, -0.15) is 0 Å². The van der Waals surface area contributed by atoms with Gasteiger partial charge in [0.2, 0.25) is 5.90 Å². The molecule has 0 saturated heterocycles. The fraction of sp³-hybridized carbons (Fsp3) is 0.167. The SMILES string of the molecule is COc1ccc(OC2=Nc3ccccc3C(=O)C2(C)c2ccccc2)cc1OC. The molecule has 0 aromatic heterocycles. The Morgan fingerprint density at radius 2 is 1.52 bits per heavy atom. The topological polar surface area (TPSA) is 57.1 Å². The number of benzene rings is 3. The summed E-state index contributed by atoms with van der Waals surface area (Å²) >= 11 is 0. The van der Waals surface area contributed by atoms with Crippen LogP contribution in [-0.4, -0.2) is 25.9 Å². The summed E-state index contributed by atoms with van der Waals surface area (Å²) in [5.74, 6) is 1.91. The summed E-state index contributed by atoms with van der Waals surface area (Å²) < 4.78 is 16.8. The number of ether oxygens (including phenoxy) is 3. The summed E-state index contributed by atoms with van der Waals surface area (Å²) in [6.07, 6.45) is 0. The van der Waals surface area contributed by atoms with Crippen LogP contribution in [0.5, 0.6) is 17.2 Å². The maximum Gasteiger partial charge on any atom is 0.213 e. The molecule has 0 radical (unpaired) electrons.